The maximum atomic E-state index is 13.2. The van der Waals surface area contributed by atoms with Gasteiger partial charge in [-0.3, -0.25) is 0 Å². The van der Waals surface area contributed by atoms with Crippen molar-refractivity contribution in [2.45, 2.75) is 10.6 Å². The summed E-state index contributed by atoms with van der Waals surface area (Å²) in [5.74, 6) is 0.0796. The molecule has 0 aliphatic carbocycles. The summed E-state index contributed by atoms with van der Waals surface area (Å²) in [5.41, 5.74) is 7.51. The third kappa shape index (κ3) is 3.19. The van der Waals surface area contributed by atoms with Crippen molar-refractivity contribution >= 4 is 29.1 Å². The number of nitriles is 1. The van der Waals surface area contributed by atoms with Crippen molar-refractivity contribution in [3.63, 3.8) is 0 Å². The highest BCUT2D eigenvalue weighted by Gasteiger charge is 2.09. The maximum Gasteiger partial charge on any atom is 0.123 e. The molecular formula is C14H10ClFN2S. The second kappa shape index (κ2) is 5.96. The maximum absolute atomic E-state index is 13.2. The van der Waals surface area contributed by atoms with E-state index in [4.69, 9.17) is 22.6 Å². The number of hydrogen-bond acceptors (Lipinski definition) is 3. The zero-order chi connectivity index (χ0) is 13.8. The molecule has 2 rings (SSSR count). The van der Waals surface area contributed by atoms with Gasteiger partial charge in [0.05, 0.1) is 16.7 Å². The molecule has 0 saturated carbocycles. The molecule has 96 valence electrons. The van der Waals surface area contributed by atoms with Crippen molar-refractivity contribution in [3.8, 4) is 6.07 Å². The molecule has 0 radical (unpaired) electrons. The smallest absolute Gasteiger partial charge is 0.123 e. The Morgan fingerprint density at radius 3 is 2.79 bits per heavy atom. The lowest BCUT2D eigenvalue weighted by Crippen LogP contribution is -1.92. The van der Waals surface area contributed by atoms with E-state index in [2.05, 4.69) is 0 Å². The molecule has 0 bridgehead atoms. The summed E-state index contributed by atoms with van der Waals surface area (Å²) in [4.78, 5) is 0.748. The van der Waals surface area contributed by atoms with Crippen LogP contribution < -0.4 is 5.73 Å². The van der Waals surface area contributed by atoms with E-state index in [0.29, 0.717) is 27.6 Å². The van der Waals surface area contributed by atoms with Crippen LogP contribution in [0.2, 0.25) is 5.02 Å². The molecule has 0 heterocycles. The minimum atomic E-state index is -0.360. The quantitative estimate of drug-likeness (QED) is 0.680. The van der Waals surface area contributed by atoms with Crippen molar-refractivity contribution in [3.05, 3.63) is 58.4 Å². The lowest BCUT2D eigenvalue weighted by Gasteiger charge is -2.08. The van der Waals surface area contributed by atoms with E-state index in [0.717, 1.165) is 4.90 Å². The normalized spacial score (nSPS) is 10.2. The van der Waals surface area contributed by atoms with Crippen molar-refractivity contribution in [1.82, 2.24) is 0 Å². The second-order valence-electron chi connectivity index (χ2n) is 3.86. The first-order valence-electron chi connectivity index (χ1n) is 5.47. The Balaban J connectivity index is 2.24. The van der Waals surface area contributed by atoms with E-state index < -0.39 is 0 Å². The molecule has 0 amide bonds. The number of benzene rings is 2. The SMILES string of the molecule is N#Cc1ccc(F)cc1CSc1c(N)cccc1Cl. The summed E-state index contributed by atoms with van der Waals surface area (Å²) in [6.45, 7) is 0. The molecule has 0 aliphatic heterocycles. The Labute approximate surface area is 120 Å². The summed E-state index contributed by atoms with van der Waals surface area (Å²) in [5, 5.41) is 9.54. The Morgan fingerprint density at radius 2 is 2.11 bits per heavy atom. The zero-order valence-electron chi connectivity index (χ0n) is 9.86. The van der Waals surface area contributed by atoms with Gasteiger partial charge < -0.3 is 5.73 Å². The highest BCUT2D eigenvalue weighted by molar-refractivity contribution is 7.98. The van der Waals surface area contributed by atoms with E-state index >= 15 is 0 Å². The Bertz CT molecular complexity index is 632. The number of hydrogen-bond donors (Lipinski definition) is 1. The molecule has 0 aliphatic rings. The fraction of sp³-hybridized carbons (Fsp3) is 0.0714. The van der Waals surface area contributed by atoms with Crippen LogP contribution in [0.15, 0.2) is 41.3 Å². The van der Waals surface area contributed by atoms with Crippen LogP contribution in [0, 0.1) is 17.1 Å². The van der Waals surface area contributed by atoms with Crippen LogP contribution in [0.25, 0.3) is 0 Å². The minimum Gasteiger partial charge on any atom is -0.398 e. The van der Waals surface area contributed by atoms with Gasteiger partial charge in [-0.1, -0.05) is 17.7 Å². The first-order valence-corrected chi connectivity index (χ1v) is 6.83. The molecule has 0 unspecified atom stereocenters. The van der Waals surface area contributed by atoms with Crippen LogP contribution >= 0.6 is 23.4 Å². The molecule has 0 fully saturated rings. The molecule has 2 aromatic rings. The van der Waals surface area contributed by atoms with E-state index in [1.807, 2.05) is 6.07 Å². The van der Waals surface area contributed by atoms with Gasteiger partial charge in [0.1, 0.15) is 5.82 Å². The summed E-state index contributed by atoms with van der Waals surface area (Å²) in [6.07, 6.45) is 0. The fourth-order valence-corrected chi connectivity index (χ4v) is 2.94. The summed E-state index contributed by atoms with van der Waals surface area (Å²) in [7, 11) is 0. The van der Waals surface area contributed by atoms with Crippen LogP contribution in [0.3, 0.4) is 0 Å². The average Bonchev–Trinajstić information content (AvgIpc) is 2.38. The molecule has 2 N–H and O–H groups in total. The summed E-state index contributed by atoms with van der Waals surface area (Å²) in [6, 6.07) is 11.4. The molecule has 0 atom stereocenters. The molecule has 0 saturated heterocycles. The largest absolute Gasteiger partial charge is 0.398 e. The molecule has 2 aromatic carbocycles. The number of nitrogens with zero attached hydrogens (tertiary/aromatic N) is 1. The number of anilines is 1. The van der Waals surface area contributed by atoms with Crippen LogP contribution in [0.1, 0.15) is 11.1 Å². The molecule has 19 heavy (non-hydrogen) atoms. The van der Waals surface area contributed by atoms with E-state index in [1.54, 1.807) is 18.2 Å². The summed E-state index contributed by atoms with van der Waals surface area (Å²) >= 11 is 7.45. The van der Waals surface area contributed by atoms with Crippen molar-refractivity contribution in [2.75, 3.05) is 5.73 Å². The van der Waals surface area contributed by atoms with E-state index in [9.17, 15) is 4.39 Å². The summed E-state index contributed by atoms with van der Waals surface area (Å²) < 4.78 is 13.2. The van der Waals surface area contributed by atoms with Gasteiger partial charge in [-0.25, -0.2) is 4.39 Å². The lowest BCUT2D eigenvalue weighted by molar-refractivity contribution is 0.626. The van der Waals surface area contributed by atoms with Crippen molar-refractivity contribution < 1.29 is 4.39 Å². The number of thioether (sulfide) groups is 1. The standard InChI is InChI=1S/C14H10ClFN2S/c15-12-2-1-3-13(18)14(12)19-8-10-6-11(16)5-4-9(10)7-17/h1-6H,8,18H2. The predicted molar refractivity (Wildman–Crippen MR) is 76.5 cm³/mol. The molecule has 5 heteroatoms. The van der Waals surface area contributed by atoms with Crippen LogP contribution in [-0.2, 0) is 5.75 Å². The van der Waals surface area contributed by atoms with Gasteiger partial charge >= 0.3 is 0 Å². The number of nitrogen functional groups attached to an aromatic ring is 1. The van der Waals surface area contributed by atoms with E-state index in [1.165, 1.54) is 30.0 Å². The van der Waals surface area contributed by atoms with Gasteiger partial charge in [0.25, 0.3) is 0 Å². The van der Waals surface area contributed by atoms with Gasteiger partial charge in [0.15, 0.2) is 0 Å². The van der Waals surface area contributed by atoms with E-state index in [-0.39, 0.29) is 5.82 Å². The van der Waals surface area contributed by atoms with Crippen LogP contribution in [0.4, 0.5) is 10.1 Å². The third-order valence-electron chi connectivity index (χ3n) is 2.56. The van der Waals surface area contributed by atoms with Gasteiger partial charge in [0, 0.05) is 16.3 Å². The van der Waals surface area contributed by atoms with Gasteiger partial charge in [-0.2, -0.15) is 5.26 Å². The number of nitrogens with two attached hydrogens (primary N) is 1. The second-order valence-corrected chi connectivity index (χ2v) is 5.25. The Hall–Kier alpha value is -1.70. The topological polar surface area (TPSA) is 49.8 Å². The first kappa shape index (κ1) is 13.7. The number of halogens is 2. The fourth-order valence-electron chi connectivity index (χ4n) is 1.62. The molecule has 2 nitrogen and oxygen atoms in total. The van der Waals surface area contributed by atoms with Crippen molar-refractivity contribution in [1.29, 1.82) is 5.26 Å². The Morgan fingerprint density at radius 1 is 1.32 bits per heavy atom. The van der Waals surface area contributed by atoms with Gasteiger partial charge in [0.2, 0.25) is 0 Å². The molecule has 0 spiro atoms. The zero-order valence-corrected chi connectivity index (χ0v) is 11.4. The van der Waals surface area contributed by atoms with Crippen molar-refractivity contribution in [2.24, 2.45) is 0 Å². The number of rotatable bonds is 3. The highest BCUT2D eigenvalue weighted by atomic mass is 35.5. The molecular weight excluding hydrogens is 283 g/mol. The van der Waals surface area contributed by atoms with Crippen LogP contribution in [-0.4, -0.2) is 0 Å². The van der Waals surface area contributed by atoms with Gasteiger partial charge in [-0.05, 0) is 35.9 Å². The lowest BCUT2D eigenvalue weighted by atomic mass is 10.1. The van der Waals surface area contributed by atoms with Crippen LogP contribution in [0.5, 0.6) is 0 Å². The third-order valence-corrected chi connectivity index (χ3v) is 4.18. The molecule has 0 aromatic heterocycles. The monoisotopic (exact) mass is 292 g/mol. The van der Waals surface area contributed by atoms with Gasteiger partial charge in [-0.15, -0.1) is 11.8 Å². The average molecular weight is 293 g/mol. The minimum absolute atomic E-state index is 0.360. The Kier molecular flexibility index (Phi) is 4.31. The highest BCUT2D eigenvalue weighted by Crippen LogP contribution is 2.35. The first-order chi connectivity index (χ1) is 9.11. The predicted octanol–water partition coefficient (Wildman–Crippen LogP) is 4.23.